The fraction of sp³-hybridized carbons (Fsp3) is 0.0909. The lowest BCUT2D eigenvalue weighted by Gasteiger charge is -2.03. The van der Waals surface area contributed by atoms with Gasteiger partial charge in [-0.15, -0.1) is 34.0 Å². The zero-order valence-electron chi connectivity index (χ0n) is 7.94. The molecule has 0 aliphatic heterocycles. The smallest absolute Gasteiger partial charge is 0.0832 e. The van der Waals surface area contributed by atoms with Crippen LogP contribution >= 0.6 is 65.9 Å². The van der Waals surface area contributed by atoms with Gasteiger partial charge in [-0.3, -0.25) is 0 Å². The molecule has 3 heterocycles. The van der Waals surface area contributed by atoms with Crippen molar-refractivity contribution in [3.05, 3.63) is 43.2 Å². The molecule has 82 valence electrons. The quantitative estimate of drug-likeness (QED) is 0.450. The minimum atomic E-state index is 0.327. The molecular weight excluding hydrogens is 388 g/mol. The third kappa shape index (κ3) is 2.04. The predicted molar refractivity (Wildman–Crippen MR) is 82.5 cm³/mol. The van der Waals surface area contributed by atoms with Crippen molar-refractivity contribution >= 4 is 75.3 Å². The van der Waals surface area contributed by atoms with Crippen LogP contribution in [0.5, 0.6) is 0 Å². The van der Waals surface area contributed by atoms with Gasteiger partial charge in [0, 0.05) is 19.2 Å². The molecule has 0 bridgehead atoms. The Bertz CT molecular complexity index is 591. The summed E-state index contributed by atoms with van der Waals surface area (Å²) in [4.78, 5) is 3.06. The van der Waals surface area contributed by atoms with Crippen LogP contribution in [-0.4, -0.2) is 0 Å². The number of thiophene rings is 3. The van der Waals surface area contributed by atoms with Gasteiger partial charge in [-0.2, -0.15) is 0 Å². The zero-order valence-corrected chi connectivity index (χ0v) is 13.6. The molecule has 1 unspecified atom stereocenters. The van der Waals surface area contributed by atoms with E-state index in [4.69, 9.17) is 0 Å². The van der Waals surface area contributed by atoms with Crippen molar-refractivity contribution in [3.8, 4) is 0 Å². The fourth-order valence-corrected chi connectivity index (χ4v) is 5.97. The molecule has 0 nitrogen and oxygen atoms in total. The van der Waals surface area contributed by atoms with Crippen molar-refractivity contribution in [2.45, 2.75) is 4.83 Å². The summed E-state index contributed by atoms with van der Waals surface area (Å²) >= 11 is 12.7. The van der Waals surface area contributed by atoms with Gasteiger partial charge < -0.3 is 0 Å². The Balaban J connectivity index is 2.00. The highest BCUT2D eigenvalue weighted by atomic mass is 79.9. The SMILES string of the molecule is Brc1ccc(C(Br)c2cc3sccc3s2)s1. The first-order chi connectivity index (χ1) is 7.74. The molecule has 0 aliphatic rings. The third-order valence-electron chi connectivity index (χ3n) is 2.25. The summed E-state index contributed by atoms with van der Waals surface area (Å²) in [6.45, 7) is 0. The molecule has 16 heavy (non-hydrogen) atoms. The van der Waals surface area contributed by atoms with E-state index in [9.17, 15) is 0 Å². The van der Waals surface area contributed by atoms with Crippen molar-refractivity contribution in [1.82, 2.24) is 0 Å². The first-order valence-electron chi connectivity index (χ1n) is 4.60. The van der Waals surface area contributed by atoms with E-state index < -0.39 is 0 Å². The van der Waals surface area contributed by atoms with E-state index in [-0.39, 0.29) is 0 Å². The van der Waals surface area contributed by atoms with Gasteiger partial charge in [0.2, 0.25) is 0 Å². The van der Waals surface area contributed by atoms with Gasteiger partial charge in [0.25, 0.3) is 0 Å². The van der Waals surface area contributed by atoms with Crippen LogP contribution in [0.2, 0.25) is 0 Å². The summed E-state index contributed by atoms with van der Waals surface area (Å²) < 4.78 is 3.96. The van der Waals surface area contributed by atoms with Crippen LogP contribution < -0.4 is 0 Å². The Morgan fingerprint density at radius 1 is 1.00 bits per heavy atom. The minimum absolute atomic E-state index is 0.327. The highest BCUT2D eigenvalue weighted by molar-refractivity contribution is 9.11. The zero-order chi connectivity index (χ0) is 11.1. The van der Waals surface area contributed by atoms with Gasteiger partial charge >= 0.3 is 0 Å². The summed E-state index contributed by atoms with van der Waals surface area (Å²) in [7, 11) is 0. The number of hydrogen-bond donors (Lipinski definition) is 0. The van der Waals surface area contributed by atoms with Crippen LogP contribution in [0.3, 0.4) is 0 Å². The van der Waals surface area contributed by atoms with Crippen LogP contribution in [0.25, 0.3) is 9.40 Å². The Morgan fingerprint density at radius 2 is 1.88 bits per heavy atom. The van der Waals surface area contributed by atoms with Crippen LogP contribution in [-0.2, 0) is 0 Å². The maximum Gasteiger partial charge on any atom is 0.0832 e. The van der Waals surface area contributed by atoms with Crippen molar-refractivity contribution < 1.29 is 0 Å². The van der Waals surface area contributed by atoms with Crippen molar-refractivity contribution in [2.75, 3.05) is 0 Å². The summed E-state index contributed by atoms with van der Waals surface area (Å²) in [6, 6.07) is 8.75. The predicted octanol–water partition coefficient (Wildman–Crippen LogP) is 6.27. The minimum Gasteiger partial charge on any atom is -0.143 e. The topological polar surface area (TPSA) is 0 Å². The molecule has 0 aromatic carbocycles. The fourth-order valence-electron chi connectivity index (χ4n) is 1.51. The summed E-state index contributed by atoms with van der Waals surface area (Å²) in [5.74, 6) is 0. The van der Waals surface area contributed by atoms with Gasteiger partial charge in [0.15, 0.2) is 0 Å². The first kappa shape index (κ1) is 11.4. The number of alkyl halides is 1. The lowest BCUT2D eigenvalue weighted by molar-refractivity contribution is 1.29. The molecule has 0 radical (unpaired) electrons. The second kappa shape index (κ2) is 4.53. The molecule has 3 rings (SSSR count). The first-order valence-corrected chi connectivity index (χ1v) is 8.82. The van der Waals surface area contributed by atoms with Gasteiger partial charge in [0.05, 0.1) is 8.61 Å². The average Bonchev–Trinajstić information content (AvgIpc) is 2.89. The second-order valence-electron chi connectivity index (χ2n) is 3.30. The van der Waals surface area contributed by atoms with Gasteiger partial charge in [-0.05, 0) is 45.6 Å². The summed E-state index contributed by atoms with van der Waals surface area (Å²) in [6.07, 6.45) is 0. The van der Waals surface area contributed by atoms with Gasteiger partial charge in [0.1, 0.15) is 0 Å². The van der Waals surface area contributed by atoms with Crippen LogP contribution in [0, 0.1) is 0 Å². The van der Waals surface area contributed by atoms with E-state index in [0.29, 0.717) is 4.83 Å². The van der Waals surface area contributed by atoms with Crippen LogP contribution in [0.1, 0.15) is 14.6 Å². The van der Waals surface area contributed by atoms with E-state index in [0.717, 1.165) is 0 Å². The molecule has 0 saturated carbocycles. The Morgan fingerprint density at radius 3 is 2.56 bits per heavy atom. The molecule has 0 N–H and O–H groups in total. The van der Waals surface area contributed by atoms with E-state index in [1.165, 1.54) is 22.9 Å². The number of hydrogen-bond acceptors (Lipinski definition) is 3. The van der Waals surface area contributed by atoms with E-state index >= 15 is 0 Å². The maximum atomic E-state index is 3.77. The van der Waals surface area contributed by atoms with Crippen LogP contribution in [0.15, 0.2) is 33.4 Å². The lowest BCUT2D eigenvalue weighted by atomic mass is 10.3. The van der Waals surface area contributed by atoms with Gasteiger partial charge in [-0.1, -0.05) is 15.9 Å². The number of fused-ring (bicyclic) bond motifs is 1. The molecule has 1 atom stereocenters. The normalized spacial score (nSPS) is 13.4. The molecule has 0 amide bonds. The third-order valence-corrected chi connectivity index (χ3v) is 7.69. The molecule has 0 spiro atoms. The second-order valence-corrected chi connectivity index (χ2v) is 8.78. The number of halogens is 2. The van der Waals surface area contributed by atoms with Crippen molar-refractivity contribution in [1.29, 1.82) is 0 Å². The van der Waals surface area contributed by atoms with E-state index in [1.54, 1.807) is 11.3 Å². The summed E-state index contributed by atoms with van der Waals surface area (Å²) in [5.41, 5.74) is 0. The number of rotatable bonds is 2. The van der Waals surface area contributed by atoms with Crippen molar-refractivity contribution in [2.24, 2.45) is 0 Å². The molecular formula is C11H6Br2S3. The Labute approximate surface area is 122 Å². The molecule has 3 aromatic heterocycles. The van der Waals surface area contributed by atoms with Gasteiger partial charge in [-0.25, -0.2) is 0 Å². The largest absolute Gasteiger partial charge is 0.143 e. The van der Waals surface area contributed by atoms with E-state index in [1.807, 2.05) is 22.7 Å². The molecule has 5 heteroatoms. The Hall–Kier alpha value is 0.320. The van der Waals surface area contributed by atoms with Crippen molar-refractivity contribution in [3.63, 3.8) is 0 Å². The lowest BCUT2D eigenvalue weighted by Crippen LogP contribution is -1.83. The molecule has 0 aliphatic carbocycles. The highest BCUT2D eigenvalue weighted by Crippen LogP contribution is 2.42. The summed E-state index contributed by atoms with van der Waals surface area (Å²) in [5, 5.41) is 2.15. The van der Waals surface area contributed by atoms with Crippen LogP contribution in [0.4, 0.5) is 0 Å². The monoisotopic (exact) mass is 392 g/mol. The average molecular weight is 394 g/mol. The molecule has 3 aromatic rings. The molecule has 0 saturated heterocycles. The Kier molecular flexibility index (Phi) is 3.23. The standard InChI is InChI=1S/C11H6Br2S3/c12-10-2-1-7(16-10)11(13)9-5-8-6(15-9)3-4-14-8/h1-5,11H. The highest BCUT2D eigenvalue weighted by Gasteiger charge is 2.15. The maximum absolute atomic E-state index is 3.77. The van der Waals surface area contributed by atoms with E-state index in [2.05, 4.69) is 61.5 Å². The molecule has 0 fully saturated rings.